The molecule has 5 nitrogen and oxygen atoms in total. The van der Waals surface area contributed by atoms with Crippen LogP contribution in [0.2, 0.25) is 0 Å². The lowest BCUT2D eigenvalue weighted by molar-refractivity contribution is 0.500. The van der Waals surface area contributed by atoms with E-state index in [4.69, 9.17) is 9.97 Å². The molecule has 0 unspecified atom stereocenters. The molecule has 3 aromatic heterocycles. The summed E-state index contributed by atoms with van der Waals surface area (Å²) in [6.07, 6.45) is 10.3. The van der Waals surface area contributed by atoms with Gasteiger partial charge in [0, 0.05) is 54.5 Å². The van der Waals surface area contributed by atoms with Gasteiger partial charge in [-0.05, 0) is 43.9 Å². The number of thiazole rings is 1. The van der Waals surface area contributed by atoms with Gasteiger partial charge < -0.3 is 4.90 Å². The lowest BCUT2D eigenvalue weighted by atomic mass is 9.97. The topological polar surface area (TPSA) is 54.8 Å². The Hall–Kier alpha value is -2.34. The van der Waals surface area contributed by atoms with Gasteiger partial charge in [0.2, 0.25) is 0 Å². The van der Waals surface area contributed by atoms with Crippen LogP contribution in [-0.2, 0) is 0 Å². The van der Waals surface area contributed by atoms with Crippen molar-refractivity contribution in [1.29, 1.82) is 0 Å². The molecule has 26 heavy (non-hydrogen) atoms. The third kappa shape index (κ3) is 3.21. The van der Waals surface area contributed by atoms with E-state index in [9.17, 15) is 0 Å². The maximum absolute atomic E-state index is 4.89. The van der Waals surface area contributed by atoms with E-state index in [1.165, 1.54) is 17.8 Å². The summed E-state index contributed by atoms with van der Waals surface area (Å²) in [5, 5.41) is 3.43. The number of rotatable bonds is 4. The Kier molecular flexibility index (Phi) is 4.13. The maximum Gasteiger partial charge on any atom is 0.133 e. The van der Waals surface area contributed by atoms with Crippen LogP contribution in [0.3, 0.4) is 0 Å². The van der Waals surface area contributed by atoms with E-state index in [2.05, 4.69) is 26.3 Å². The second kappa shape index (κ2) is 6.76. The number of aromatic nitrogens is 4. The van der Waals surface area contributed by atoms with Crippen molar-refractivity contribution in [2.75, 3.05) is 18.0 Å². The highest BCUT2D eigenvalue weighted by molar-refractivity contribution is 7.10. The lowest BCUT2D eigenvalue weighted by Gasteiger charge is -2.32. The van der Waals surface area contributed by atoms with Gasteiger partial charge in [0.1, 0.15) is 11.6 Å². The number of nitrogens with zero attached hydrogens (tertiary/aromatic N) is 5. The number of hydrogen-bond acceptors (Lipinski definition) is 6. The zero-order chi connectivity index (χ0) is 17.3. The highest BCUT2D eigenvalue weighted by Crippen LogP contribution is 2.39. The van der Waals surface area contributed by atoms with Crippen molar-refractivity contribution in [3.05, 3.63) is 53.0 Å². The molecule has 1 saturated heterocycles. The number of hydrogen-bond donors (Lipinski definition) is 0. The summed E-state index contributed by atoms with van der Waals surface area (Å²) in [7, 11) is 0. The zero-order valence-corrected chi connectivity index (χ0v) is 15.4. The second-order valence-corrected chi connectivity index (χ2v) is 8.01. The molecule has 4 heterocycles. The van der Waals surface area contributed by atoms with Crippen molar-refractivity contribution in [3.63, 3.8) is 0 Å². The Morgan fingerprint density at radius 2 is 1.69 bits per heavy atom. The fourth-order valence-corrected chi connectivity index (χ4v) is 4.56. The summed E-state index contributed by atoms with van der Waals surface area (Å²) < 4.78 is 0. The number of piperidine rings is 1. The average molecular weight is 363 g/mol. The van der Waals surface area contributed by atoms with Crippen molar-refractivity contribution in [1.82, 2.24) is 19.9 Å². The molecular formula is C20H21N5S. The number of pyridine rings is 1. The molecule has 0 atom stereocenters. The average Bonchev–Trinajstić information content (AvgIpc) is 3.46. The highest BCUT2D eigenvalue weighted by atomic mass is 32.1. The fraction of sp³-hybridized carbons (Fsp3) is 0.400. The Bertz CT molecular complexity index is 882. The van der Waals surface area contributed by atoms with E-state index in [-0.39, 0.29) is 0 Å². The van der Waals surface area contributed by atoms with Crippen molar-refractivity contribution in [3.8, 4) is 11.3 Å². The summed E-state index contributed by atoms with van der Waals surface area (Å²) in [4.78, 5) is 20.6. The maximum atomic E-state index is 4.89. The molecule has 1 aliphatic heterocycles. The molecule has 0 bridgehead atoms. The Morgan fingerprint density at radius 3 is 2.46 bits per heavy atom. The van der Waals surface area contributed by atoms with E-state index < -0.39 is 0 Å². The third-order valence-electron chi connectivity index (χ3n) is 5.27. The second-order valence-electron chi connectivity index (χ2n) is 7.12. The van der Waals surface area contributed by atoms with Crippen LogP contribution >= 0.6 is 11.3 Å². The van der Waals surface area contributed by atoms with Crippen LogP contribution in [0.25, 0.3) is 11.3 Å². The predicted molar refractivity (Wildman–Crippen MR) is 104 cm³/mol. The smallest absolute Gasteiger partial charge is 0.133 e. The van der Waals surface area contributed by atoms with Crippen molar-refractivity contribution in [2.45, 2.75) is 37.5 Å². The Balaban J connectivity index is 1.26. The van der Waals surface area contributed by atoms with E-state index in [0.29, 0.717) is 11.8 Å². The largest absolute Gasteiger partial charge is 0.356 e. The van der Waals surface area contributed by atoms with Crippen LogP contribution in [0.1, 0.15) is 48.4 Å². The first-order chi connectivity index (χ1) is 12.9. The normalized spacial score (nSPS) is 18.2. The molecule has 2 fully saturated rings. The van der Waals surface area contributed by atoms with Gasteiger partial charge >= 0.3 is 0 Å². The lowest BCUT2D eigenvalue weighted by Crippen LogP contribution is -2.33. The summed E-state index contributed by atoms with van der Waals surface area (Å²) in [5.74, 6) is 3.29. The summed E-state index contributed by atoms with van der Waals surface area (Å²) in [5.41, 5.74) is 2.22. The van der Waals surface area contributed by atoms with Gasteiger partial charge in [0.15, 0.2) is 0 Å². The van der Waals surface area contributed by atoms with Crippen LogP contribution in [-0.4, -0.2) is 33.0 Å². The van der Waals surface area contributed by atoms with Crippen LogP contribution in [0.5, 0.6) is 0 Å². The first kappa shape index (κ1) is 15.9. The van der Waals surface area contributed by atoms with Crippen molar-refractivity contribution < 1.29 is 0 Å². The van der Waals surface area contributed by atoms with Crippen LogP contribution < -0.4 is 4.90 Å². The standard InChI is InChI=1S/C20H21N5S/c1-2-15(1)19-22-10-5-18(24-19)25-11-6-16(7-12-25)20-23-17(13-26-20)14-3-8-21-9-4-14/h3-5,8-10,13,15-16H,1-2,6-7,11-12H2. The molecule has 0 aromatic carbocycles. The minimum atomic E-state index is 0.552. The van der Waals surface area contributed by atoms with Gasteiger partial charge in [0.25, 0.3) is 0 Å². The Labute approximate surface area is 157 Å². The van der Waals surface area contributed by atoms with Crippen LogP contribution in [0.4, 0.5) is 5.82 Å². The number of anilines is 1. The van der Waals surface area contributed by atoms with Crippen LogP contribution in [0, 0.1) is 0 Å². The molecule has 6 heteroatoms. The van der Waals surface area contributed by atoms with E-state index in [1.807, 2.05) is 30.7 Å². The van der Waals surface area contributed by atoms with Gasteiger partial charge in [-0.3, -0.25) is 4.98 Å². The molecular weight excluding hydrogens is 342 g/mol. The minimum absolute atomic E-state index is 0.552. The summed E-state index contributed by atoms with van der Waals surface area (Å²) in [6, 6.07) is 6.10. The van der Waals surface area contributed by atoms with Crippen molar-refractivity contribution in [2.24, 2.45) is 0 Å². The van der Waals surface area contributed by atoms with Gasteiger partial charge in [-0.25, -0.2) is 15.0 Å². The van der Waals surface area contributed by atoms with Gasteiger partial charge in [0.05, 0.1) is 10.7 Å². The van der Waals surface area contributed by atoms with Crippen LogP contribution in [0.15, 0.2) is 42.2 Å². The monoisotopic (exact) mass is 363 g/mol. The summed E-state index contributed by atoms with van der Waals surface area (Å²) >= 11 is 1.79. The molecule has 0 N–H and O–H groups in total. The fourth-order valence-electron chi connectivity index (χ4n) is 3.56. The van der Waals surface area contributed by atoms with Crippen molar-refractivity contribution >= 4 is 17.2 Å². The Morgan fingerprint density at radius 1 is 0.885 bits per heavy atom. The molecule has 1 aliphatic carbocycles. The SMILES string of the molecule is c1cc(-c2csc(C3CCN(c4ccnc(C5CC5)n4)CC3)n2)ccn1. The predicted octanol–water partition coefficient (Wildman–Crippen LogP) is 4.26. The molecule has 0 amide bonds. The highest BCUT2D eigenvalue weighted by Gasteiger charge is 2.28. The van der Waals surface area contributed by atoms with Gasteiger partial charge in [-0.2, -0.15) is 0 Å². The minimum Gasteiger partial charge on any atom is -0.356 e. The molecule has 0 spiro atoms. The molecule has 5 rings (SSSR count). The summed E-state index contributed by atoms with van der Waals surface area (Å²) in [6.45, 7) is 2.08. The van der Waals surface area contributed by atoms with Gasteiger partial charge in [-0.1, -0.05) is 0 Å². The molecule has 2 aliphatic rings. The van der Waals surface area contributed by atoms with E-state index in [0.717, 1.165) is 48.8 Å². The third-order valence-corrected chi connectivity index (χ3v) is 6.28. The van der Waals surface area contributed by atoms with Gasteiger partial charge in [-0.15, -0.1) is 11.3 Å². The molecule has 0 radical (unpaired) electrons. The quantitative estimate of drug-likeness (QED) is 0.693. The first-order valence-electron chi connectivity index (χ1n) is 9.30. The zero-order valence-electron chi connectivity index (χ0n) is 14.6. The van der Waals surface area contributed by atoms with E-state index in [1.54, 1.807) is 11.3 Å². The molecule has 132 valence electrons. The van der Waals surface area contributed by atoms with E-state index >= 15 is 0 Å². The molecule has 3 aromatic rings. The molecule has 1 saturated carbocycles. The first-order valence-corrected chi connectivity index (χ1v) is 10.2.